The van der Waals surface area contributed by atoms with Crippen molar-refractivity contribution in [3.8, 4) is 11.5 Å². The highest BCUT2D eigenvalue weighted by atomic mass is 16.4. The Kier molecular flexibility index (Phi) is 20.5. The summed E-state index contributed by atoms with van der Waals surface area (Å²) in [5.74, 6) is -6.19. The number of carbonyl (C=O) groups excluding carboxylic acids is 7. The molecule has 4 aromatic rings. The topological polar surface area (TPSA) is 319 Å². The fourth-order valence-electron chi connectivity index (χ4n) is 9.63. The quantitative estimate of drug-likeness (QED) is 0.0455. The SMILES string of the molecule is CC[C@H](C)[C@H](NC(=O)[C@H](Cc1ccccc1)NC(=O)[C@H](Cc1ccc(O)cc1)NC(=O)[C@@H]1CCCN1C(=O)[C@H](Cc1ccc(O)cc1)NC(=O)[C@@H](N)Cc1cnc[nH]1)C(=O)N1CCC[C@H]1C(=O)N[C@@H](CC(C)C)C(=O)O. The summed E-state index contributed by atoms with van der Waals surface area (Å²) >= 11 is 0. The maximum absolute atomic E-state index is 14.8. The summed E-state index contributed by atoms with van der Waals surface area (Å²) < 4.78 is 0. The first-order valence-electron chi connectivity index (χ1n) is 26.0. The molecule has 2 aliphatic heterocycles. The van der Waals surface area contributed by atoms with E-state index in [1.54, 1.807) is 61.5 Å². The van der Waals surface area contributed by atoms with Crippen LogP contribution in [0.2, 0.25) is 0 Å². The van der Waals surface area contributed by atoms with Gasteiger partial charge in [-0.25, -0.2) is 9.78 Å². The highest BCUT2D eigenvalue weighted by Gasteiger charge is 2.43. The third-order valence-corrected chi connectivity index (χ3v) is 14.0. The molecule has 9 atom stereocenters. The van der Waals surface area contributed by atoms with Crippen molar-refractivity contribution in [2.45, 2.75) is 140 Å². The van der Waals surface area contributed by atoms with Crippen LogP contribution >= 0.6 is 0 Å². The molecule has 3 heterocycles. The number of hydrogen-bond donors (Lipinski definition) is 10. The lowest BCUT2D eigenvalue weighted by atomic mass is 9.96. The van der Waals surface area contributed by atoms with E-state index in [-0.39, 0.29) is 69.0 Å². The molecule has 6 rings (SSSR count). The number of phenols is 2. The largest absolute Gasteiger partial charge is 0.508 e. The van der Waals surface area contributed by atoms with Crippen LogP contribution in [0.4, 0.5) is 0 Å². The molecule has 21 nitrogen and oxygen atoms in total. The first kappa shape index (κ1) is 57.5. The van der Waals surface area contributed by atoms with Crippen LogP contribution in [0.5, 0.6) is 11.5 Å². The second-order valence-corrected chi connectivity index (χ2v) is 20.3. The maximum Gasteiger partial charge on any atom is 0.326 e. The fourth-order valence-corrected chi connectivity index (χ4v) is 9.63. The van der Waals surface area contributed by atoms with Crippen LogP contribution in [-0.4, -0.2) is 144 Å². The van der Waals surface area contributed by atoms with Gasteiger partial charge in [-0.1, -0.05) is 88.7 Å². The lowest BCUT2D eigenvalue weighted by Crippen LogP contribution is -2.61. The number of H-pyrrole nitrogens is 1. The summed E-state index contributed by atoms with van der Waals surface area (Å²) in [6, 6.07) is 11.7. The van der Waals surface area contributed by atoms with Crippen LogP contribution in [0.15, 0.2) is 91.4 Å². The van der Waals surface area contributed by atoms with Gasteiger partial charge in [-0.2, -0.15) is 0 Å². The summed E-state index contributed by atoms with van der Waals surface area (Å²) in [5.41, 5.74) is 8.69. The zero-order valence-corrected chi connectivity index (χ0v) is 43.4. The van der Waals surface area contributed by atoms with Crippen LogP contribution in [0, 0.1) is 11.8 Å². The second-order valence-electron chi connectivity index (χ2n) is 20.3. The third-order valence-electron chi connectivity index (χ3n) is 14.0. The van der Waals surface area contributed by atoms with E-state index in [0.29, 0.717) is 48.1 Å². The number of rotatable bonds is 25. The second kappa shape index (κ2) is 27.1. The normalized spacial score (nSPS) is 18.1. The molecule has 0 spiro atoms. The Morgan fingerprint density at radius 3 is 1.63 bits per heavy atom. The van der Waals surface area contributed by atoms with Crippen LogP contribution < -0.4 is 32.3 Å². The molecule has 0 radical (unpaired) electrons. The molecule has 408 valence electrons. The summed E-state index contributed by atoms with van der Waals surface area (Å²) in [7, 11) is 0. The number of carbonyl (C=O) groups is 8. The first-order valence-corrected chi connectivity index (χ1v) is 26.0. The summed E-state index contributed by atoms with van der Waals surface area (Å²) in [4.78, 5) is 122. The predicted octanol–water partition coefficient (Wildman–Crippen LogP) is 2.00. The number of hydrogen-bond acceptors (Lipinski definition) is 12. The lowest BCUT2D eigenvalue weighted by molar-refractivity contribution is -0.145. The molecule has 3 aromatic carbocycles. The van der Waals surface area contributed by atoms with E-state index >= 15 is 0 Å². The van der Waals surface area contributed by atoms with Crippen LogP contribution in [0.3, 0.4) is 0 Å². The smallest absolute Gasteiger partial charge is 0.326 e. The molecule has 7 amide bonds. The number of aliphatic carboxylic acids is 1. The van der Waals surface area contributed by atoms with E-state index < -0.39 is 102 Å². The van der Waals surface area contributed by atoms with Gasteiger partial charge in [0.05, 0.1) is 12.4 Å². The molecule has 0 aliphatic carbocycles. The minimum absolute atomic E-state index is 0.00201. The van der Waals surface area contributed by atoms with E-state index in [0.717, 1.165) is 0 Å². The third kappa shape index (κ3) is 15.9. The van der Waals surface area contributed by atoms with E-state index in [2.05, 4.69) is 36.6 Å². The first-order chi connectivity index (χ1) is 36.3. The van der Waals surface area contributed by atoms with Crippen molar-refractivity contribution >= 4 is 47.3 Å². The summed E-state index contributed by atoms with van der Waals surface area (Å²) in [6.07, 6.45) is 4.95. The molecule has 2 saturated heterocycles. The Morgan fingerprint density at radius 1 is 0.632 bits per heavy atom. The number of carboxylic acids is 1. The number of imidazole rings is 1. The van der Waals surface area contributed by atoms with Crippen molar-refractivity contribution < 1.29 is 53.7 Å². The monoisotopic (exact) mass is 1050 g/mol. The number of carboxylic acid groups (broad SMARTS) is 1. The standard InChI is InChI=1S/C55H72N10O11/c1-5-33(4)47(54(74)65-24-10-14-46(65)52(72)62-44(55(75)76)25-32(2)3)63-50(70)42(26-34-11-7-6-8-12-34)59-49(69)41(27-35-15-19-38(66)20-16-35)60-51(71)45-13-9-23-64(45)53(73)43(28-36-17-21-39(67)22-18-36)61-48(68)40(56)29-37-30-57-31-58-37/h6-8,11-12,15-22,30-33,40-47,66-67H,5,9-10,13-14,23-29,56H2,1-4H3,(H,57,58)(H,59,69)(H,60,71)(H,61,68)(H,62,72)(H,63,70)(H,75,76)/t33-,40-,41-,42-,43-,44-,45-,46-,47-/m0/s1. The van der Waals surface area contributed by atoms with Gasteiger partial charge >= 0.3 is 5.97 Å². The Bertz CT molecular complexity index is 2620. The summed E-state index contributed by atoms with van der Waals surface area (Å²) in [5, 5.41) is 43.8. The van der Waals surface area contributed by atoms with Crippen molar-refractivity contribution in [1.82, 2.24) is 46.4 Å². The maximum atomic E-state index is 14.8. The van der Waals surface area contributed by atoms with E-state index in [4.69, 9.17) is 5.73 Å². The number of aromatic hydroxyl groups is 2. The molecule has 11 N–H and O–H groups in total. The molecular weight excluding hydrogens is 977 g/mol. The van der Waals surface area contributed by atoms with Gasteiger partial charge in [0.2, 0.25) is 41.4 Å². The number of nitrogens with one attached hydrogen (secondary N) is 6. The van der Waals surface area contributed by atoms with Gasteiger partial charge < -0.3 is 62.4 Å². The van der Waals surface area contributed by atoms with Crippen LogP contribution in [0.25, 0.3) is 0 Å². The van der Waals surface area contributed by atoms with E-state index in [1.807, 2.05) is 20.8 Å². The van der Waals surface area contributed by atoms with Gasteiger partial charge in [-0.15, -0.1) is 0 Å². The van der Waals surface area contributed by atoms with Crippen LogP contribution in [-0.2, 0) is 64.0 Å². The number of benzene rings is 3. The Labute approximate surface area is 442 Å². The average Bonchev–Trinajstić information content (AvgIpc) is 4.22. The van der Waals surface area contributed by atoms with Gasteiger partial charge in [-0.05, 0) is 84.9 Å². The summed E-state index contributed by atoms with van der Waals surface area (Å²) in [6.45, 7) is 7.65. The van der Waals surface area contributed by atoms with Gasteiger partial charge in [-0.3, -0.25) is 33.6 Å². The number of nitrogens with two attached hydrogens (primary N) is 1. The van der Waals surface area contributed by atoms with Crippen molar-refractivity contribution in [3.63, 3.8) is 0 Å². The van der Waals surface area contributed by atoms with Crippen molar-refractivity contribution in [1.29, 1.82) is 0 Å². The number of likely N-dealkylation sites (tertiary alicyclic amines) is 2. The molecule has 1 aromatic heterocycles. The Morgan fingerprint density at radius 2 is 1.12 bits per heavy atom. The zero-order chi connectivity index (χ0) is 55.1. The van der Waals surface area contributed by atoms with Gasteiger partial charge in [0.1, 0.15) is 53.8 Å². The van der Waals surface area contributed by atoms with E-state index in [1.165, 1.54) is 46.6 Å². The van der Waals surface area contributed by atoms with Crippen LogP contribution in [0.1, 0.15) is 88.6 Å². The molecular formula is C55H72N10O11. The number of phenolic OH excluding ortho intramolecular Hbond substituents is 2. The van der Waals surface area contributed by atoms with Gasteiger partial charge in [0, 0.05) is 50.7 Å². The molecule has 0 unspecified atom stereocenters. The number of nitrogens with zero attached hydrogens (tertiary/aromatic N) is 3. The van der Waals surface area contributed by atoms with Gasteiger partial charge in [0.15, 0.2) is 0 Å². The number of amides is 7. The molecule has 0 saturated carbocycles. The fraction of sp³-hybridized carbons (Fsp3) is 0.473. The van der Waals surface area contributed by atoms with Crippen molar-refractivity contribution in [2.24, 2.45) is 17.6 Å². The molecule has 0 bridgehead atoms. The predicted molar refractivity (Wildman–Crippen MR) is 280 cm³/mol. The molecule has 2 fully saturated rings. The molecule has 76 heavy (non-hydrogen) atoms. The number of aromatic amines is 1. The minimum Gasteiger partial charge on any atom is -0.508 e. The van der Waals surface area contributed by atoms with Gasteiger partial charge in [0.25, 0.3) is 0 Å². The molecule has 2 aliphatic rings. The highest BCUT2D eigenvalue weighted by molar-refractivity contribution is 5.98. The Balaban J connectivity index is 1.24. The van der Waals surface area contributed by atoms with Crippen molar-refractivity contribution in [2.75, 3.05) is 13.1 Å². The number of aromatic nitrogens is 2. The Hall–Kier alpha value is -7.81. The van der Waals surface area contributed by atoms with Crippen molar-refractivity contribution in [3.05, 3.63) is 114 Å². The van der Waals surface area contributed by atoms with E-state index in [9.17, 15) is 53.7 Å². The minimum atomic E-state index is -1.35. The highest BCUT2D eigenvalue weighted by Crippen LogP contribution is 2.24. The average molecular weight is 1050 g/mol. The molecule has 21 heteroatoms. The lowest BCUT2D eigenvalue weighted by Gasteiger charge is -2.33. The zero-order valence-electron chi connectivity index (χ0n) is 43.4.